The van der Waals surface area contributed by atoms with Crippen LogP contribution in [0, 0.1) is 25.5 Å². The quantitative estimate of drug-likeness (QED) is 0.775. The molecule has 0 spiro atoms. The lowest BCUT2D eigenvalue weighted by Gasteiger charge is -2.26. The number of nitrogens with zero attached hydrogens (tertiary/aromatic N) is 1. The molecule has 4 heteroatoms. The van der Waals surface area contributed by atoms with Crippen molar-refractivity contribution in [2.45, 2.75) is 45.6 Å². The molecule has 1 unspecified atom stereocenters. The molecule has 2 aromatic carbocycles. The van der Waals surface area contributed by atoms with E-state index in [0.29, 0.717) is 0 Å². The van der Waals surface area contributed by atoms with Crippen molar-refractivity contribution in [3.05, 3.63) is 70.3 Å². The van der Waals surface area contributed by atoms with E-state index in [-0.39, 0.29) is 30.4 Å². The topological polar surface area (TPSA) is 20.3 Å². The van der Waals surface area contributed by atoms with Gasteiger partial charge >= 0.3 is 0 Å². The van der Waals surface area contributed by atoms with Crippen LogP contribution in [0.3, 0.4) is 0 Å². The van der Waals surface area contributed by atoms with Crippen LogP contribution in [0.2, 0.25) is 0 Å². The van der Waals surface area contributed by atoms with Crippen LogP contribution in [-0.4, -0.2) is 17.4 Å². The zero-order valence-electron chi connectivity index (χ0n) is 14.7. The van der Waals surface area contributed by atoms with E-state index in [2.05, 4.69) is 32.0 Å². The van der Waals surface area contributed by atoms with Crippen LogP contribution in [0.5, 0.6) is 0 Å². The van der Waals surface area contributed by atoms with Crippen molar-refractivity contribution >= 4 is 5.91 Å². The van der Waals surface area contributed by atoms with Crippen LogP contribution in [0.15, 0.2) is 36.4 Å². The Labute approximate surface area is 147 Å². The SMILES string of the molecule is Cc1cc(C)cc(C2CCCN2C(=O)CCc2cccc(F)c2F)c1. The Hall–Kier alpha value is -2.23. The summed E-state index contributed by atoms with van der Waals surface area (Å²) in [7, 11) is 0. The summed E-state index contributed by atoms with van der Waals surface area (Å²) in [5, 5.41) is 0. The summed E-state index contributed by atoms with van der Waals surface area (Å²) >= 11 is 0. The molecule has 0 aliphatic carbocycles. The Balaban J connectivity index is 1.71. The molecule has 1 heterocycles. The summed E-state index contributed by atoms with van der Waals surface area (Å²) in [6.45, 7) is 4.84. The highest BCUT2D eigenvalue weighted by Crippen LogP contribution is 2.33. The zero-order valence-corrected chi connectivity index (χ0v) is 14.7. The first-order valence-corrected chi connectivity index (χ1v) is 8.76. The second-order valence-electron chi connectivity index (χ2n) is 6.88. The maximum Gasteiger partial charge on any atom is 0.223 e. The van der Waals surface area contributed by atoms with E-state index < -0.39 is 11.6 Å². The van der Waals surface area contributed by atoms with Gasteiger partial charge < -0.3 is 4.90 Å². The summed E-state index contributed by atoms with van der Waals surface area (Å²) < 4.78 is 27.1. The fourth-order valence-electron chi connectivity index (χ4n) is 3.74. The van der Waals surface area contributed by atoms with Crippen molar-refractivity contribution < 1.29 is 13.6 Å². The van der Waals surface area contributed by atoms with Gasteiger partial charge in [0.2, 0.25) is 5.91 Å². The standard InChI is InChI=1S/C21H23F2NO/c1-14-11-15(2)13-17(12-14)19-7-4-10-24(19)20(25)9-8-16-5-3-6-18(22)21(16)23/h3,5-6,11-13,19H,4,7-10H2,1-2H3. The van der Waals surface area contributed by atoms with Crippen LogP contribution < -0.4 is 0 Å². The highest BCUT2D eigenvalue weighted by Gasteiger charge is 2.29. The van der Waals surface area contributed by atoms with Crippen molar-refractivity contribution in [2.24, 2.45) is 0 Å². The third kappa shape index (κ3) is 3.89. The van der Waals surface area contributed by atoms with E-state index in [1.807, 2.05) is 4.90 Å². The second-order valence-corrected chi connectivity index (χ2v) is 6.88. The molecule has 1 aliphatic heterocycles. The highest BCUT2D eigenvalue weighted by molar-refractivity contribution is 5.77. The largest absolute Gasteiger partial charge is 0.336 e. The molecular formula is C21H23F2NO. The fraction of sp³-hybridized carbons (Fsp3) is 0.381. The molecule has 0 saturated carbocycles. The molecule has 0 aromatic heterocycles. The first-order valence-electron chi connectivity index (χ1n) is 8.76. The van der Waals surface area contributed by atoms with Gasteiger partial charge in [-0.25, -0.2) is 8.78 Å². The molecule has 25 heavy (non-hydrogen) atoms. The van der Waals surface area contributed by atoms with Gasteiger partial charge in [-0.05, 0) is 50.3 Å². The number of likely N-dealkylation sites (tertiary alicyclic amines) is 1. The van der Waals surface area contributed by atoms with Crippen molar-refractivity contribution in [1.29, 1.82) is 0 Å². The predicted octanol–water partition coefficient (Wildman–Crippen LogP) is 4.88. The molecule has 2 nitrogen and oxygen atoms in total. The lowest BCUT2D eigenvalue weighted by molar-refractivity contribution is -0.132. The van der Waals surface area contributed by atoms with Gasteiger partial charge in [-0.1, -0.05) is 41.5 Å². The number of rotatable bonds is 4. The first kappa shape index (κ1) is 17.6. The average molecular weight is 343 g/mol. The van der Waals surface area contributed by atoms with E-state index >= 15 is 0 Å². The lowest BCUT2D eigenvalue weighted by atomic mass is 9.99. The average Bonchev–Trinajstić information content (AvgIpc) is 3.05. The molecule has 1 fully saturated rings. The van der Waals surface area contributed by atoms with Gasteiger partial charge in [-0.3, -0.25) is 4.79 Å². The minimum Gasteiger partial charge on any atom is -0.336 e. The number of aryl methyl sites for hydroxylation is 3. The molecule has 0 N–H and O–H groups in total. The van der Waals surface area contributed by atoms with E-state index in [0.717, 1.165) is 25.5 Å². The molecule has 1 saturated heterocycles. The molecule has 1 amide bonds. The summed E-state index contributed by atoms with van der Waals surface area (Å²) in [5.74, 6) is -1.70. The van der Waals surface area contributed by atoms with Crippen molar-refractivity contribution in [3.63, 3.8) is 0 Å². The van der Waals surface area contributed by atoms with Crippen molar-refractivity contribution in [1.82, 2.24) is 4.90 Å². The number of carbonyl (C=O) groups is 1. The maximum atomic E-state index is 13.8. The maximum absolute atomic E-state index is 13.8. The molecule has 1 atom stereocenters. The van der Waals surface area contributed by atoms with Crippen LogP contribution in [0.25, 0.3) is 0 Å². The monoisotopic (exact) mass is 343 g/mol. The minimum atomic E-state index is -0.862. The molecular weight excluding hydrogens is 320 g/mol. The van der Waals surface area contributed by atoms with Gasteiger partial charge in [0.1, 0.15) is 0 Å². The van der Waals surface area contributed by atoms with Crippen LogP contribution in [0.4, 0.5) is 8.78 Å². The van der Waals surface area contributed by atoms with Crippen LogP contribution in [0.1, 0.15) is 47.6 Å². The van der Waals surface area contributed by atoms with E-state index in [4.69, 9.17) is 0 Å². The zero-order chi connectivity index (χ0) is 18.0. The van der Waals surface area contributed by atoms with Crippen molar-refractivity contribution in [3.8, 4) is 0 Å². The summed E-state index contributed by atoms with van der Waals surface area (Å²) in [6.07, 6.45) is 2.33. The summed E-state index contributed by atoms with van der Waals surface area (Å²) in [6, 6.07) is 10.6. The number of amides is 1. The number of hydrogen-bond donors (Lipinski definition) is 0. The molecule has 0 bridgehead atoms. The number of carbonyl (C=O) groups excluding carboxylic acids is 1. The first-order chi connectivity index (χ1) is 12.0. The number of benzene rings is 2. The fourth-order valence-corrected chi connectivity index (χ4v) is 3.74. The van der Waals surface area contributed by atoms with E-state index in [9.17, 15) is 13.6 Å². The normalized spacial score (nSPS) is 17.1. The van der Waals surface area contributed by atoms with E-state index in [1.54, 1.807) is 0 Å². The molecule has 0 radical (unpaired) electrons. The summed E-state index contributed by atoms with van der Waals surface area (Å²) in [4.78, 5) is 14.6. The van der Waals surface area contributed by atoms with Gasteiger partial charge in [0.15, 0.2) is 11.6 Å². The van der Waals surface area contributed by atoms with Gasteiger partial charge in [-0.15, -0.1) is 0 Å². The third-order valence-electron chi connectivity index (χ3n) is 4.84. The van der Waals surface area contributed by atoms with Gasteiger partial charge in [0.25, 0.3) is 0 Å². The molecule has 2 aromatic rings. The number of hydrogen-bond acceptors (Lipinski definition) is 1. The predicted molar refractivity (Wildman–Crippen MR) is 94.3 cm³/mol. The smallest absolute Gasteiger partial charge is 0.223 e. The second kappa shape index (κ2) is 7.34. The van der Waals surface area contributed by atoms with Gasteiger partial charge in [-0.2, -0.15) is 0 Å². The van der Waals surface area contributed by atoms with Crippen LogP contribution in [-0.2, 0) is 11.2 Å². The van der Waals surface area contributed by atoms with Gasteiger partial charge in [0, 0.05) is 13.0 Å². The van der Waals surface area contributed by atoms with Crippen molar-refractivity contribution in [2.75, 3.05) is 6.54 Å². The Morgan fingerprint density at radius 3 is 2.60 bits per heavy atom. The van der Waals surface area contributed by atoms with E-state index in [1.165, 1.54) is 28.8 Å². The third-order valence-corrected chi connectivity index (χ3v) is 4.84. The molecule has 1 aliphatic rings. The molecule has 132 valence electrons. The Kier molecular flexibility index (Phi) is 5.16. The van der Waals surface area contributed by atoms with Gasteiger partial charge in [0.05, 0.1) is 6.04 Å². The Morgan fingerprint density at radius 2 is 1.88 bits per heavy atom. The van der Waals surface area contributed by atoms with Crippen LogP contribution >= 0.6 is 0 Å². The highest BCUT2D eigenvalue weighted by atomic mass is 19.2. The Morgan fingerprint density at radius 1 is 1.16 bits per heavy atom. The lowest BCUT2D eigenvalue weighted by Crippen LogP contribution is -2.30. The number of halogens is 2. The summed E-state index contributed by atoms with van der Waals surface area (Å²) in [5.41, 5.74) is 3.81. The minimum absolute atomic E-state index is 0.00493. The molecule has 3 rings (SSSR count). The Bertz CT molecular complexity index is 767.